The molecule has 0 radical (unpaired) electrons. The van der Waals surface area contributed by atoms with Crippen LogP contribution in [0.15, 0.2) is 0 Å². The Kier molecular flexibility index (Phi) is 3.60. The van der Waals surface area contributed by atoms with Gasteiger partial charge in [0.25, 0.3) is 7.82 Å². The monoisotopic (exact) mass is 159 g/mol. The summed E-state index contributed by atoms with van der Waals surface area (Å²) in [6, 6.07) is 0. The molecular weight excluding hydrogens is 154 g/mol. The van der Waals surface area contributed by atoms with Crippen LogP contribution in [0.2, 0.25) is 0 Å². The van der Waals surface area contributed by atoms with Crippen molar-refractivity contribution in [1.29, 1.82) is 0 Å². The molecular formula is C2H5ClO4P-. The van der Waals surface area contributed by atoms with E-state index in [1.807, 2.05) is 0 Å². The highest BCUT2D eigenvalue weighted by atomic mass is 35.5. The molecule has 0 aromatic rings. The highest BCUT2D eigenvalue weighted by Crippen LogP contribution is 2.39. The van der Waals surface area contributed by atoms with E-state index in [-0.39, 0.29) is 6.61 Å². The lowest BCUT2D eigenvalue weighted by Crippen LogP contribution is -2.03. The number of rotatable bonds is 3. The molecule has 0 rings (SSSR count). The summed E-state index contributed by atoms with van der Waals surface area (Å²) in [6.07, 6.45) is 0. The minimum Gasteiger partial charge on any atom is -0.755 e. The van der Waals surface area contributed by atoms with Gasteiger partial charge in [-0.1, -0.05) is 0 Å². The minimum absolute atomic E-state index is 0.0352. The predicted molar refractivity (Wildman–Crippen MR) is 26.2 cm³/mol. The Morgan fingerprint density at radius 1 is 1.88 bits per heavy atom. The summed E-state index contributed by atoms with van der Waals surface area (Å²) in [7, 11) is -4.16. The largest absolute Gasteiger partial charge is 0.755 e. The van der Waals surface area contributed by atoms with Crippen LogP contribution in [0.25, 0.3) is 0 Å². The lowest BCUT2D eigenvalue weighted by Gasteiger charge is -2.15. The van der Waals surface area contributed by atoms with Crippen molar-refractivity contribution in [2.45, 2.75) is 6.92 Å². The quantitative estimate of drug-likeness (QED) is 0.568. The van der Waals surface area contributed by atoms with Crippen LogP contribution in [0, 0.1) is 0 Å². The zero-order valence-electron chi connectivity index (χ0n) is 4.17. The van der Waals surface area contributed by atoms with Crippen molar-refractivity contribution >= 4 is 19.7 Å². The second-order valence-electron chi connectivity index (χ2n) is 0.934. The van der Waals surface area contributed by atoms with Gasteiger partial charge in [-0.15, -0.1) is 0 Å². The number of phosphoric acid groups is 1. The summed E-state index contributed by atoms with van der Waals surface area (Å²) in [6.45, 7) is 1.55. The molecule has 0 heterocycles. The van der Waals surface area contributed by atoms with Gasteiger partial charge in [0, 0.05) is 0 Å². The third-order valence-electron chi connectivity index (χ3n) is 0.372. The minimum atomic E-state index is -4.16. The fourth-order valence-electron chi connectivity index (χ4n) is 0.178. The van der Waals surface area contributed by atoms with E-state index < -0.39 is 7.82 Å². The Bertz CT molecular complexity index is 104. The third kappa shape index (κ3) is 3.41. The van der Waals surface area contributed by atoms with Crippen LogP contribution in [0.4, 0.5) is 0 Å². The van der Waals surface area contributed by atoms with Gasteiger partial charge >= 0.3 is 0 Å². The van der Waals surface area contributed by atoms with E-state index in [1.54, 1.807) is 0 Å². The molecule has 0 aromatic heterocycles. The summed E-state index contributed by atoms with van der Waals surface area (Å²) in [4.78, 5) is 10.1. The first kappa shape index (κ1) is 8.40. The second-order valence-corrected chi connectivity index (χ2v) is 2.64. The third-order valence-corrected chi connectivity index (χ3v) is 1.62. The first-order valence-corrected chi connectivity index (χ1v) is 3.65. The van der Waals surface area contributed by atoms with E-state index in [0.717, 1.165) is 0 Å². The maximum absolute atomic E-state index is 10.1. The molecule has 0 saturated carbocycles. The van der Waals surface area contributed by atoms with Crippen LogP contribution >= 0.6 is 19.7 Å². The molecule has 50 valence electrons. The highest BCUT2D eigenvalue weighted by molar-refractivity contribution is 7.46. The van der Waals surface area contributed by atoms with Crippen molar-refractivity contribution in [2.24, 2.45) is 0 Å². The van der Waals surface area contributed by atoms with Crippen LogP contribution in [0.3, 0.4) is 0 Å². The van der Waals surface area contributed by atoms with E-state index >= 15 is 0 Å². The fraction of sp³-hybridized carbons (Fsp3) is 1.00. The van der Waals surface area contributed by atoms with Gasteiger partial charge in [-0.3, -0.25) is 4.57 Å². The summed E-state index contributed by atoms with van der Waals surface area (Å²) in [5, 5.41) is 0. The highest BCUT2D eigenvalue weighted by Gasteiger charge is 2.04. The van der Waals surface area contributed by atoms with Gasteiger partial charge in [0.15, 0.2) is 0 Å². The summed E-state index contributed by atoms with van der Waals surface area (Å²) in [5.74, 6) is 0. The van der Waals surface area contributed by atoms with Gasteiger partial charge in [-0.2, -0.15) is 0 Å². The van der Waals surface area contributed by atoms with Crippen LogP contribution in [0.5, 0.6) is 0 Å². The van der Waals surface area contributed by atoms with Crippen molar-refractivity contribution in [3.05, 3.63) is 0 Å². The Labute approximate surface area is 52.2 Å². The van der Waals surface area contributed by atoms with Crippen LogP contribution in [-0.2, 0) is 13.2 Å². The van der Waals surface area contributed by atoms with Gasteiger partial charge < -0.3 is 9.42 Å². The van der Waals surface area contributed by atoms with Gasteiger partial charge in [-0.25, -0.2) is 4.08 Å². The Morgan fingerprint density at radius 3 is 2.50 bits per heavy atom. The molecule has 6 heteroatoms. The normalized spacial score (nSPS) is 17.9. The van der Waals surface area contributed by atoms with Crippen molar-refractivity contribution in [3.63, 3.8) is 0 Å². The van der Waals surface area contributed by atoms with Gasteiger partial charge in [0.1, 0.15) is 0 Å². The summed E-state index contributed by atoms with van der Waals surface area (Å²) in [5.41, 5.74) is 0. The average Bonchev–Trinajstić information content (AvgIpc) is 1.67. The zero-order chi connectivity index (χ0) is 6.62. The van der Waals surface area contributed by atoms with Crippen molar-refractivity contribution in [2.75, 3.05) is 6.61 Å². The summed E-state index contributed by atoms with van der Waals surface area (Å²) >= 11 is 4.47. The number of hydrogen-bond donors (Lipinski definition) is 0. The topological polar surface area (TPSA) is 58.6 Å². The van der Waals surface area contributed by atoms with Crippen molar-refractivity contribution in [1.82, 2.24) is 0 Å². The van der Waals surface area contributed by atoms with E-state index in [1.165, 1.54) is 6.92 Å². The van der Waals surface area contributed by atoms with Gasteiger partial charge in [-0.05, 0) is 6.92 Å². The molecule has 0 fully saturated rings. The molecule has 1 unspecified atom stereocenters. The molecule has 0 amide bonds. The standard InChI is InChI=1S/C2H6ClO4P/c1-2-6-8(4,5)7-3/h2H2,1H3,(H,4,5)/p-1. The fourth-order valence-corrected chi connectivity index (χ4v) is 0.654. The van der Waals surface area contributed by atoms with Crippen LogP contribution < -0.4 is 4.89 Å². The van der Waals surface area contributed by atoms with E-state index in [9.17, 15) is 9.46 Å². The maximum atomic E-state index is 10.1. The Morgan fingerprint density at radius 2 is 2.38 bits per heavy atom. The lowest BCUT2D eigenvalue weighted by molar-refractivity contribution is -0.216. The average molecular weight is 159 g/mol. The second kappa shape index (κ2) is 3.43. The Balaban J connectivity index is 3.55. The van der Waals surface area contributed by atoms with Crippen molar-refractivity contribution < 1.29 is 18.1 Å². The maximum Gasteiger partial charge on any atom is 0.284 e. The van der Waals surface area contributed by atoms with Crippen molar-refractivity contribution in [3.8, 4) is 0 Å². The van der Waals surface area contributed by atoms with Gasteiger partial charge in [0.05, 0.1) is 18.5 Å². The molecule has 0 saturated heterocycles. The number of hydrogen-bond acceptors (Lipinski definition) is 4. The van der Waals surface area contributed by atoms with Gasteiger partial charge in [0.2, 0.25) is 0 Å². The molecule has 4 nitrogen and oxygen atoms in total. The van der Waals surface area contributed by atoms with E-state index in [2.05, 4.69) is 20.5 Å². The number of halogens is 1. The first-order chi connectivity index (χ1) is 3.62. The molecule has 0 aromatic carbocycles. The molecule has 0 N–H and O–H groups in total. The lowest BCUT2D eigenvalue weighted by atomic mass is 10.9. The Hall–Kier alpha value is 0.400. The number of phosphoric ester groups is 1. The molecule has 0 aliphatic heterocycles. The SMILES string of the molecule is CCOP(=O)([O-])OCl. The molecule has 0 aliphatic rings. The molecule has 8 heavy (non-hydrogen) atoms. The summed E-state index contributed by atoms with van der Waals surface area (Å²) < 4.78 is 17.5. The zero-order valence-corrected chi connectivity index (χ0v) is 5.82. The molecule has 1 atom stereocenters. The predicted octanol–water partition coefficient (Wildman–Crippen LogP) is 0.662. The first-order valence-electron chi connectivity index (χ1n) is 1.88. The van der Waals surface area contributed by atoms with Crippen LogP contribution in [0.1, 0.15) is 6.92 Å². The molecule has 0 aliphatic carbocycles. The van der Waals surface area contributed by atoms with E-state index in [4.69, 9.17) is 0 Å². The molecule has 0 spiro atoms. The smallest absolute Gasteiger partial charge is 0.284 e. The van der Waals surface area contributed by atoms with E-state index in [0.29, 0.717) is 0 Å². The molecule has 0 bridgehead atoms. The van der Waals surface area contributed by atoms with Crippen LogP contribution in [-0.4, -0.2) is 6.61 Å².